The topological polar surface area (TPSA) is 46.6 Å². The summed E-state index contributed by atoms with van der Waals surface area (Å²) in [5.74, 6) is 0.0200. The van der Waals surface area contributed by atoms with Gasteiger partial charge in [0.25, 0.3) is 0 Å². The molecule has 0 heterocycles. The van der Waals surface area contributed by atoms with Gasteiger partial charge in [-0.2, -0.15) is 0 Å². The second kappa shape index (κ2) is 7.26. The molecule has 0 aliphatic carbocycles. The molecule has 0 aromatic rings. The third kappa shape index (κ3) is 6.10. The number of rotatable bonds is 6. The average Bonchev–Trinajstić information content (AvgIpc) is 2.15. The number of carbonyl (C=O) groups is 2. The van der Waals surface area contributed by atoms with Crippen molar-refractivity contribution in [3.63, 3.8) is 0 Å². The van der Waals surface area contributed by atoms with E-state index in [9.17, 15) is 9.59 Å². The second-order valence-corrected chi connectivity index (χ2v) is 3.83. The Bertz CT molecular complexity index is 214. The Balaban J connectivity index is 4.24. The fourth-order valence-electron chi connectivity index (χ4n) is 1.28. The standard InChI is InChI=1S/C11H21NO3/c1-5-10(13)12(7-9(3)4)8-11(14)15-6-2/h9H,5-8H2,1-4H3. The highest BCUT2D eigenvalue weighted by atomic mass is 16.5. The molecule has 0 bridgehead atoms. The molecule has 0 aliphatic rings. The lowest BCUT2D eigenvalue weighted by Crippen LogP contribution is -2.38. The first kappa shape index (κ1) is 13.9. The molecule has 0 aliphatic heterocycles. The maximum Gasteiger partial charge on any atom is 0.325 e. The fraction of sp³-hybridized carbons (Fsp3) is 0.818. The van der Waals surface area contributed by atoms with Crippen LogP contribution in [0, 0.1) is 5.92 Å². The molecule has 15 heavy (non-hydrogen) atoms. The highest BCUT2D eigenvalue weighted by molar-refractivity contribution is 5.81. The highest BCUT2D eigenvalue weighted by Crippen LogP contribution is 2.01. The van der Waals surface area contributed by atoms with Crippen LogP contribution < -0.4 is 0 Å². The zero-order valence-corrected chi connectivity index (χ0v) is 10.1. The van der Waals surface area contributed by atoms with Gasteiger partial charge >= 0.3 is 5.97 Å². The van der Waals surface area contributed by atoms with Gasteiger partial charge in [0, 0.05) is 13.0 Å². The smallest absolute Gasteiger partial charge is 0.325 e. The fourth-order valence-corrected chi connectivity index (χ4v) is 1.28. The van der Waals surface area contributed by atoms with Crippen molar-refractivity contribution in [1.29, 1.82) is 0 Å². The zero-order chi connectivity index (χ0) is 11.8. The van der Waals surface area contributed by atoms with Crippen LogP contribution in [0.25, 0.3) is 0 Å². The number of carbonyl (C=O) groups excluding carboxylic acids is 2. The molecule has 0 rings (SSSR count). The molecule has 0 aromatic heterocycles. The van der Waals surface area contributed by atoms with Gasteiger partial charge < -0.3 is 9.64 Å². The van der Waals surface area contributed by atoms with E-state index in [2.05, 4.69) is 0 Å². The molecule has 0 radical (unpaired) electrons. The Kier molecular flexibility index (Phi) is 6.75. The lowest BCUT2D eigenvalue weighted by molar-refractivity contribution is -0.149. The summed E-state index contributed by atoms with van der Waals surface area (Å²) in [6.45, 7) is 8.61. The van der Waals surface area contributed by atoms with Crippen molar-refractivity contribution < 1.29 is 14.3 Å². The summed E-state index contributed by atoms with van der Waals surface area (Å²) in [5.41, 5.74) is 0. The van der Waals surface area contributed by atoms with Crippen LogP contribution in [0.4, 0.5) is 0 Å². The third-order valence-electron chi connectivity index (χ3n) is 1.87. The predicted octanol–water partition coefficient (Wildman–Crippen LogP) is 1.44. The number of amides is 1. The van der Waals surface area contributed by atoms with Crippen LogP contribution in [-0.4, -0.2) is 36.5 Å². The molecule has 0 spiro atoms. The molecule has 1 amide bonds. The Morgan fingerprint density at radius 3 is 2.27 bits per heavy atom. The van der Waals surface area contributed by atoms with Crippen molar-refractivity contribution in [2.24, 2.45) is 5.92 Å². The Morgan fingerprint density at radius 1 is 1.27 bits per heavy atom. The van der Waals surface area contributed by atoms with E-state index in [1.807, 2.05) is 13.8 Å². The van der Waals surface area contributed by atoms with E-state index >= 15 is 0 Å². The first-order valence-electron chi connectivity index (χ1n) is 5.44. The molecular formula is C11H21NO3. The van der Waals surface area contributed by atoms with Crippen molar-refractivity contribution in [3.05, 3.63) is 0 Å². The highest BCUT2D eigenvalue weighted by Gasteiger charge is 2.17. The van der Waals surface area contributed by atoms with Gasteiger partial charge in [0.1, 0.15) is 6.54 Å². The van der Waals surface area contributed by atoms with Crippen LogP contribution in [0.1, 0.15) is 34.1 Å². The second-order valence-electron chi connectivity index (χ2n) is 3.83. The van der Waals surface area contributed by atoms with Crippen molar-refractivity contribution in [2.75, 3.05) is 19.7 Å². The Hall–Kier alpha value is -1.06. The molecule has 0 aromatic carbocycles. The van der Waals surface area contributed by atoms with Crippen LogP contribution >= 0.6 is 0 Å². The third-order valence-corrected chi connectivity index (χ3v) is 1.87. The lowest BCUT2D eigenvalue weighted by Gasteiger charge is -2.22. The Labute approximate surface area is 91.6 Å². The normalized spacial score (nSPS) is 10.2. The minimum atomic E-state index is -0.333. The maximum atomic E-state index is 11.5. The number of nitrogens with zero attached hydrogens (tertiary/aromatic N) is 1. The van der Waals surface area contributed by atoms with Gasteiger partial charge in [0.2, 0.25) is 5.91 Å². The summed E-state index contributed by atoms with van der Waals surface area (Å²) in [7, 11) is 0. The maximum absolute atomic E-state index is 11.5. The van der Waals surface area contributed by atoms with E-state index in [-0.39, 0.29) is 18.4 Å². The SMILES string of the molecule is CCOC(=O)CN(CC(C)C)C(=O)CC. The van der Waals surface area contributed by atoms with E-state index in [0.29, 0.717) is 25.5 Å². The molecular weight excluding hydrogens is 194 g/mol. The van der Waals surface area contributed by atoms with Crippen molar-refractivity contribution in [2.45, 2.75) is 34.1 Å². The van der Waals surface area contributed by atoms with Crippen molar-refractivity contribution in [3.8, 4) is 0 Å². The van der Waals surface area contributed by atoms with Crippen molar-refractivity contribution >= 4 is 11.9 Å². The Morgan fingerprint density at radius 2 is 1.87 bits per heavy atom. The lowest BCUT2D eigenvalue weighted by atomic mass is 10.2. The number of hydrogen-bond acceptors (Lipinski definition) is 3. The van der Waals surface area contributed by atoms with Crippen molar-refractivity contribution in [1.82, 2.24) is 4.90 Å². The summed E-state index contributed by atoms with van der Waals surface area (Å²) >= 11 is 0. The molecule has 88 valence electrons. The average molecular weight is 215 g/mol. The van der Waals surface area contributed by atoms with E-state index in [0.717, 1.165) is 0 Å². The zero-order valence-electron chi connectivity index (χ0n) is 10.1. The van der Waals surface area contributed by atoms with Gasteiger partial charge in [-0.25, -0.2) is 0 Å². The summed E-state index contributed by atoms with van der Waals surface area (Å²) in [6, 6.07) is 0. The molecule has 0 fully saturated rings. The minimum absolute atomic E-state index is 0.00301. The van der Waals surface area contributed by atoms with Gasteiger partial charge in [-0.15, -0.1) is 0 Å². The minimum Gasteiger partial charge on any atom is -0.465 e. The molecule has 0 atom stereocenters. The summed E-state index contributed by atoms with van der Waals surface area (Å²) in [4.78, 5) is 24.3. The van der Waals surface area contributed by atoms with E-state index < -0.39 is 0 Å². The van der Waals surface area contributed by atoms with Gasteiger partial charge in [-0.3, -0.25) is 9.59 Å². The molecule has 4 nitrogen and oxygen atoms in total. The van der Waals surface area contributed by atoms with Crippen LogP contribution in [0.2, 0.25) is 0 Å². The molecule has 0 unspecified atom stereocenters. The van der Waals surface area contributed by atoms with Gasteiger partial charge in [0.15, 0.2) is 0 Å². The summed E-state index contributed by atoms with van der Waals surface area (Å²) < 4.78 is 4.82. The van der Waals surface area contributed by atoms with Crippen LogP contribution in [0.5, 0.6) is 0 Å². The first-order valence-corrected chi connectivity index (χ1v) is 5.44. The largest absolute Gasteiger partial charge is 0.465 e. The molecule has 0 saturated heterocycles. The van der Waals surface area contributed by atoms with Crippen LogP contribution in [0.3, 0.4) is 0 Å². The predicted molar refractivity (Wildman–Crippen MR) is 58.3 cm³/mol. The van der Waals surface area contributed by atoms with Gasteiger partial charge in [-0.1, -0.05) is 20.8 Å². The molecule has 4 heteroatoms. The summed E-state index contributed by atoms with van der Waals surface area (Å²) in [6.07, 6.45) is 0.423. The quantitative estimate of drug-likeness (QED) is 0.630. The molecule has 0 N–H and O–H groups in total. The van der Waals surface area contributed by atoms with E-state index in [1.165, 1.54) is 0 Å². The van der Waals surface area contributed by atoms with E-state index in [1.54, 1.807) is 18.7 Å². The summed E-state index contributed by atoms with van der Waals surface area (Å²) in [5, 5.41) is 0. The number of hydrogen-bond donors (Lipinski definition) is 0. The van der Waals surface area contributed by atoms with Gasteiger partial charge in [-0.05, 0) is 12.8 Å². The van der Waals surface area contributed by atoms with E-state index in [4.69, 9.17) is 4.74 Å². The van der Waals surface area contributed by atoms with Crippen LogP contribution in [0.15, 0.2) is 0 Å². The molecule has 0 saturated carbocycles. The van der Waals surface area contributed by atoms with Gasteiger partial charge in [0.05, 0.1) is 6.61 Å². The first-order chi connectivity index (χ1) is 7.01. The number of ether oxygens (including phenoxy) is 1. The monoisotopic (exact) mass is 215 g/mol. The van der Waals surface area contributed by atoms with Crippen LogP contribution in [-0.2, 0) is 14.3 Å². The number of esters is 1.